The molecule has 1 aromatic heterocycles. The van der Waals surface area contributed by atoms with E-state index in [1.165, 1.54) is 6.20 Å². The Balaban J connectivity index is 2.25. The fourth-order valence-corrected chi connectivity index (χ4v) is 2.64. The molecule has 0 radical (unpaired) electrons. The molecule has 1 aromatic carbocycles. The minimum atomic E-state index is -3.68. The highest BCUT2D eigenvalue weighted by atomic mass is 32.2. The van der Waals surface area contributed by atoms with Crippen LogP contribution < -0.4 is 4.72 Å². The van der Waals surface area contributed by atoms with Crippen LogP contribution in [0.2, 0.25) is 0 Å². The topological polar surface area (TPSA) is 84.2 Å². The Hall–Kier alpha value is -1.86. The van der Waals surface area contributed by atoms with Gasteiger partial charge in [0.05, 0.1) is 6.61 Å². The highest BCUT2D eigenvalue weighted by molar-refractivity contribution is 7.92. The van der Waals surface area contributed by atoms with Crippen molar-refractivity contribution in [3.63, 3.8) is 0 Å². The number of aromatic nitrogens is 2. The third kappa shape index (κ3) is 2.94. The van der Waals surface area contributed by atoms with E-state index >= 15 is 0 Å². The molecular weight excluding hydrogens is 266 g/mol. The molecule has 0 aliphatic rings. The van der Waals surface area contributed by atoms with Crippen LogP contribution in [0.15, 0.2) is 35.5 Å². The molecule has 0 spiro atoms. The standard InChI is InChI=1S/C12H15N3O3S/c1-9-13-12(7-15(9)2)19(17,18)14-11-5-3-10(8-16)4-6-11/h3-7,14,16H,8H2,1-2H3. The van der Waals surface area contributed by atoms with Crippen LogP contribution in [0.4, 0.5) is 5.69 Å². The number of rotatable bonds is 4. The lowest BCUT2D eigenvalue weighted by Gasteiger charge is -2.06. The highest BCUT2D eigenvalue weighted by Gasteiger charge is 2.18. The summed E-state index contributed by atoms with van der Waals surface area (Å²) in [5.74, 6) is 0.621. The molecule has 2 aromatic rings. The minimum Gasteiger partial charge on any atom is -0.392 e. The van der Waals surface area contributed by atoms with Gasteiger partial charge in [-0.05, 0) is 24.6 Å². The van der Waals surface area contributed by atoms with Gasteiger partial charge in [0.25, 0.3) is 10.0 Å². The van der Waals surface area contributed by atoms with Crippen molar-refractivity contribution in [2.45, 2.75) is 18.6 Å². The van der Waals surface area contributed by atoms with Crippen molar-refractivity contribution >= 4 is 15.7 Å². The Kier molecular flexibility index (Phi) is 3.59. The van der Waals surface area contributed by atoms with Gasteiger partial charge in [0, 0.05) is 18.9 Å². The second-order valence-corrected chi connectivity index (χ2v) is 5.83. The zero-order valence-corrected chi connectivity index (χ0v) is 11.5. The predicted octanol–water partition coefficient (Wildman–Crippen LogP) is 1.02. The van der Waals surface area contributed by atoms with Crippen LogP contribution in [0.3, 0.4) is 0 Å². The first-order valence-corrected chi connectivity index (χ1v) is 7.13. The molecule has 1 heterocycles. The molecule has 2 N–H and O–H groups in total. The van der Waals surface area contributed by atoms with Crippen molar-refractivity contribution in [3.8, 4) is 0 Å². The molecule has 102 valence electrons. The predicted molar refractivity (Wildman–Crippen MR) is 71.1 cm³/mol. The Bertz CT molecular complexity index is 655. The maximum absolute atomic E-state index is 12.1. The molecular formula is C12H15N3O3S. The smallest absolute Gasteiger partial charge is 0.280 e. The minimum absolute atomic E-state index is 0.0151. The maximum atomic E-state index is 12.1. The molecule has 7 heteroatoms. The maximum Gasteiger partial charge on any atom is 0.280 e. The summed E-state index contributed by atoms with van der Waals surface area (Å²) >= 11 is 0. The highest BCUT2D eigenvalue weighted by Crippen LogP contribution is 2.16. The van der Waals surface area contributed by atoms with Crippen molar-refractivity contribution in [1.29, 1.82) is 0 Å². The van der Waals surface area contributed by atoms with Crippen LogP contribution in [-0.2, 0) is 23.7 Å². The van der Waals surface area contributed by atoms with Crippen molar-refractivity contribution in [2.75, 3.05) is 4.72 Å². The number of sulfonamides is 1. The molecule has 0 saturated carbocycles. The van der Waals surface area contributed by atoms with Crippen LogP contribution in [0, 0.1) is 6.92 Å². The summed E-state index contributed by atoms with van der Waals surface area (Å²) in [6.45, 7) is 1.65. The molecule has 0 aliphatic carbocycles. The van der Waals surface area contributed by atoms with E-state index in [1.807, 2.05) is 0 Å². The van der Waals surface area contributed by atoms with Gasteiger partial charge in [-0.1, -0.05) is 12.1 Å². The van der Waals surface area contributed by atoms with Crippen molar-refractivity contribution in [1.82, 2.24) is 9.55 Å². The van der Waals surface area contributed by atoms with Crippen LogP contribution in [-0.4, -0.2) is 23.1 Å². The van der Waals surface area contributed by atoms with Gasteiger partial charge < -0.3 is 9.67 Å². The molecule has 0 atom stereocenters. The number of hydrogen-bond donors (Lipinski definition) is 2. The third-order valence-corrected chi connectivity index (χ3v) is 4.00. The molecule has 0 bridgehead atoms. The first-order chi connectivity index (χ1) is 8.92. The van der Waals surface area contributed by atoms with Crippen LogP contribution in [0.1, 0.15) is 11.4 Å². The molecule has 0 unspecified atom stereocenters. The van der Waals surface area contributed by atoms with Gasteiger partial charge >= 0.3 is 0 Å². The third-order valence-electron chi connectivity index (χ3n) is 2.75. The number of nitrogens with one attached hydrogen (secondary N) is 1. The number of aliphatic hydroxyl groups is 1. The van der Waals surface area contributed by atoms with E-state index in [1.54, 1.807) is 42.8 Å². The normalized spacial score (nSPS) is 11.5. The lowest BCUT2D eigenvalue weighted by Crippen LogP contribution is -2.13. The van der Waals surface area contributed by atoms with Crippen molar-refractivity contribution in [2.24, 2.45) is 7.05 Å². The van der Waals surface area contributed by atoms with Crippen LogP contribution in [0.5, 0.6) is 0 Å². The summed E-state index contributed by atoms with van der Waals surface area (Å²) in [5, 5.41) is 8.91. The molecule has 19 heavy (non-hydrogen) atoms. The quantitative estimate of drug-likeness (QED) is 0.876. The van der Waals surface area contributed by atoms with E-state index in [9.17, 15) is 8.42 Å². The number of benzene rings is 1. The number of anilines is 1. The summed E-state index contributed by atoms with van der Waals surface area (Å²) in [6, 6.07) is 6.50. The van der Waals surface area contributed by atoms with Gasteiger partial charge in [-0.3, -0.25) is 4.72 Å². The molecule has 0 aliphatic heterocycles. The second kappa shape index (κ2) is 5.02. The summed E-state index contributed by atoms with van der Waals surface area (Å²) < 4.78 is 28.3. The van der Waals surface area contributed by atoms with Gasteiger partial charge in [-0.2, -0.15) is 8.42 Å². The van der Waals surface area contributed by atoms with E-state index in [4.69, 9.17) is 5.11 Å². The number of hydrogen-bond acceptors (Lipinski definition) is 4. The first-order valence-electron chi connectivity index (χ1n) is 5.65. The number of imidazole rings is 1. The van der Waals surface area contributed by atoms with Crippen LogP contribution in [0.25, 0.3) is 0 Å². The van der Waals surface area contributed by atoms with Gasteiger partial charge in [-0.25, -0.2) is 4.98 Å². The van der Waals surface area contributed by atoms with E-state index in [2.05, 4.69) is 9.71 Å². The number of aryl methyl sites for hydroxylation is 2. The molecule has 0 fully saturated rings. The second-order valence-electron chi connectivity index (χ2n) is 4.20. The Morgan fingerprint density at radius 1 is 1.32 bits per heavy atom. The van der Waals surface area contributed by atoms with Crippen molar-refractivity contribution in [3.05, 3.63) is 41.9 Å². The van der Waals surface area contributed by atoms with Crippen molar-refractivity contribution < 1.29 is 13.5 Å². The molecule has 0 saturated heterocycles. The van der Waals surface area contributed by atoms with E-state index in [0.29, 0.717) is 11.5 Å². The Labute approximate surface area is 111 Å². The number of nitrogens with zero attached hydrogens (tertiary/aromatic N) is 2. The zero-order valence-electron chi connectivity index (χ0n) is 10.7. The fraction of sp³-hybridized carbons (Fsp3) is 0.250. The first kappa shape index (κ1) is 13.6. The van der Waals surface area contributed by atoms with Gasteiger partial charge in [0.1, 0.15) is 5.82 Å². The van der Waals surface area contributed by atoms with E-state index < -0.39 is 10.0 Å². The Morgan fingerprint density at radius 3 is 2.42 bits per heavy atom. The summed E-state index contributed by atoms with van der Waals surface area (Å²) in [5.41, 5.74) is 1.15. The van der Waals surface area contributed by atoms with Gasteiger partial charge in [0.15, 0.2) is 5.03 Å². The molecule has 0 amide bonds. The largest absolute Gasteiger partial charge is 0.392 e. The number of aliphatic hydroxyl groups excluding tert-OH is 1. The van der Waals surface area contributed by atoms with E-state index in [0.717, 1.165) is 5.56 Å². The summed E-state index contributed by atoms with van der Waals surface area (Å²) in [7, 11) is -1.95. The monoisotopic (exact) mass is 281 g/mol. The molecule has 2 rings (SSSR count). The summed E-state index contributed by atoms with van der Waals surface area (Å²) in [4.78, 5) is 3.98. The van der Waals surface area contributed by atoms with Gasteiger partial charge in [0.2, 0.25) is 0 Å². The van der Waals surface area contributed by atoms with Gasteiger partial charge in [-0.15, -0.1) is 0 Å². The lowest BCUT2D eigenvalue weighted by atomic mass is 10.2. The van der Waals surface area contributed by atoms with E-state index in [-0.39, 0.29) is 11.6 Å². The average Bonchev–Trinajstić information content (AvgIpc) is 2.71. The SMILES string of the molecule is Cc1nc(S(=O)(=O)Nc2ccc(CO)cc2)cn1C. The summed E-state index contributed by atoms with van der Waals surface area (Å²) in [6.07, 6.45) is 1.46. The lowest BCUT2D eigenvalue weighted by molar-refractivity contribution is 0.282. The molecule has 6 nitrogen and oxygen atoms in total. The average molecular weight is 281 g/mol. The fourth-order valence-electron chi connectivity index (χ4n) is 1.54. The zero-order chi connectivity index (χ0) is 14.0. The Morgan fingerprint density at radius 2 is 1.95 bits per heavy atom. The van der Waals surface area contributed by atoms with Crippen LogP contribution >= 0.6 is 0 Å².